The Hall–Kier alpha value is -3.87. The van der Waals surface area contributed by atoms with Crippen molar-refractivity contribution in [1.82, 2.24) is 14.5 Å². The second-order valence-corrected chi connectivity index (χ2v) is 8.90. The number of nitrogens with zero attached hydrogens (tertiary/aromatic N) is 4. The van der Waals surface area contributed by atoms with Crippen LogP contribution in [0.1, 0.15) is 43.6 Å². The first-order valence-electron chi connectivity index (χ1n) is 11.8. The predicted octanol–water partition coefficient (Wildman–Crippen LogP) is 6.14. The maximum atomic E-state index is 11.0. The quantitative estimate of drug-likeness (QED) is 0.339. The van der Waals surface area contributed by atoms with E-state index in [9.17, 15) is 4.79 Å². The Labute approximate surface area is 199 Å². The molecule has 2 aromatic carbocycles. The summed E-state index contributed by atoms with van der Waals surface area (Å²) in [6.07, 6.45) is 8.99. The third-order valence-corrected chi connectivity index (χ3v) is 6.57. The zero-order valence-corrected chi connectivity index (χ0v) is 19.6. The van der Waals surface area contributed by atoms with Gasteiger partial charge in [0, 0.05) is 38.1 Å². The van der Waals surface area contributed by atoms with Gasteiger partial charge in [0.15, 0.2) is 0 Å². The Morgan fingerprint density at radius 3 is 2.56 bits per heavy atom. The lowest BCUT2D eigenvalue weighted by atomic mass is 9.84. The number of pyridine rings is 1. The Morgan fingerprint density at radius 1 is 1.03 bits per heavy atom. The van der Waals surface area contributed by atoms with Gasteiger partial charge in [-0.3, -0.25) is 4.79 Å². The van der Waals surface area contributed by atoms with Gasteiger partial charge in [-0.2, -0.15) is 0 Å². The Kier molecular flexibility index (Phi) is 6.16. The van der Waals surface area contributed by atoms with E-state index < -0.39 is 0 Å². The van der Waals surface area contributed by atoms with E-state index in [1.807, 2.05) is 29.8 Å². The molecule has 2 aromatic heterocycles. The van der Waals surface area contributed by atoms with Crippen LogP contribution in [0.5, 0.6) is 11.5 Å². The first-order valence-corrected chi connectivity index (χ1v) is 11.8. The zero-order chi connectivity index (χ0) is 23.5. The van der Waals surface area contributed by atoms with Crippen LogP contribution in [0.2, 0.25) is 0 Å². The van der Waals surface area contributed by atoms with Gasteiger partial charge in [-0.05, 0) is 54.7 Å². The number of nitrogens with one attached hydrogen (secondary N) is 1. The molecular weight excluding hydrogens is 426 g/mol. The summed E-state index contributed by atoms with van der Waals surface area (Å²) in [4.78, 5) is 21.4. The molecule has 1 aliphatic rings. The third kappa shape index (κ3) is 4.59. The molecule has 7 nitrogen and oxygen atoms in total. The minimum atomic E-state index is 0.521. The van der Waals surface area contributed by atoms with Crippen molar-refractivity contribution < 1.29 is 9.53 Å². The number of hydrogen-bond acceptors (Lipinski definition) is 5. The first-order chi connectivity index (χ1) is 16.6. The van der Waals surface area contributed by atoms with Crippen LogP contribution in [0.15, 0.2) is 60.8 Å². The van der Waals surface area contributed by atoms with Gasteiger partial charge in [-0.25, -0.2) is 9.97 Å². The predicted molar refractivity (Wildman–Crippen MR) is 135 cm³/mol. The summed E-state index contributed by atoms with van der Waals surface area (Å²) < 4.78 is 8.05. The van der Waals surface area contributed by atoms with Gasteiger partial charge in [-0.1, -0.05) is 31.4 Å². The van der Waals surface area contributed by atoms with Crippen LogP contribution in [0.3, 0.4) is 0 Å². The Morgan fingerprint density at radius 2 is 1.79 bits per heavy atom. The van der Waals surface area contributed by atoms with Gasteiger partial charge in [0.1, 0.15) is 17.3 Å². The first kappa shape index (κ1) is 21.9. The van der Waals surface area contributed by atoms with E-state index in [1.165, 1.54) is 42.6 Å². The molecule has 5 rings (SSSR count). The molecule has 34 heavy (non-hydrogen) atoms. The van der Waals surface area contributed by atoms with Gasteiger partial charge in [0.05, 0.1) is 11.0 Å². The van der Waals surface area contributed by atoms with Crippen LogP contribution in [0.4, 0.5) is 17.5 Å². The molecule has 0 spiro atoms. The number of rotatable bonds is 7. The molecule has 0 unspecified atom stereocenters. The van der Waals surface area contributed by atoms with Crippen LogP contribution in [-0.4, -0.2) is 28.0 Å². The second-order valence-electron chi connectivity index (χ2n) is 8.90. The monoisotopic (exact) mass is 455 g/mol. The molecule has 4 aromatic rings. The lowest BCUT2D eigenvalue weighted by Crippen LogP contribution is -2.14. The fraction of sp³-hybridized carbons (Fsp3) is 0.296. The van der Waals surface area contributed by atoms with E-state index in [2.05, 4.69) is 34.6 Å². The number of imidazole rings is 1. The van der Waals surface area contributed by atoms with Crippen molar-refractivity contribution in [3.63, 3.8) is 0 Å². The van der Waals surface area contributed by atoms with Gasteiger partial charge in [-0.15, -0.1) is 0 Å². The standard InChI is InChI=1S/C27H29N5O2/c1-31(18-33)26-17-23(14-15-28-26)34-22-12-13-25-24(16-22)30-27(32(25)2)29-21-10-8-20(9-11-21)19-6-4-3-5-7-19/h8-19H,3-7H2,1-2H3,(H,29,30). The lowest BCUT2D eigenvalue weighted by molar-refractivity contribution is -0.107. The van der Waals surface area contributed by atoms with Crippen LogP contribution >= 0.6 is 0 Å². The highest BCUT2D eigenvalue weighted by atomic mass is 16.5. The van der Waals surface area contributed by atoms with E-state index in [4.69, 9.17) is 9.72 Å². The average Bonchev–Trinajstić information content (AvgIpc) is 3.19. The van der Waals surface area contributed by atoms with Gasteiger partial charge in [0.25, 0.3) is 0 Å². The highest BCUT2D eigenvalue weighted by Crippen LogP contribution is 2.34. The summed E-state index contributed by atoms with van der Waals surface area (Å²) in [6.45, 7) is 0. The molecule has 0 atom stereocenters. The molecule has 174 valence electrons. The molecule has 0 bridgehead atoms. The lowest BCUT2D eigenvalue weighted by Gasteiger charge is -2.22. The number of anilines is 3. The summed E-state index contributed by atoms with van der Waals surface area (Å²) in [5.41, 5.74) is 4.30. The highest BCUT2D eigenvalue weighted by Gasteiger charge is 2.15. The minimum absolute atomic E-state index is 0.521. The average molecular weight is 456 g/mol. The maximum Gasteiger partial charge on any atom is 0.215 e. The molecule has 2 heterocycles. The summed E-state index contributed by atoms with van der Waals surface area (Å²) >= 11 is 0. The Bertz CT molecular complexity index is 1290. The number of carbonyl (C=O) groups is 1. The fourth-order valence-corrected chi connectivity index (χ4v) is 4.60. The summed E-state index contributed by atoms with van der Waals surface area (Å²) in [5, 5.41) is 3.45. The molecule has 0 aliphatic heterocycles. The Balaban J connectivity index is 1.33. The van der Waals surface area contributed by atoms with Crippen molar-refractivity contribution in [2.45, 2.75) is 38.0 Å². The number of hydrogen-bond donors (Lipinski definition) is 1. The molecule has 1 aliphatic carbocycles. The normalized spacial score (nSPS) is 14.2. The van der Waals surface area contributed by atoms with Crippen molar-refractivity contribution in [2.75, 3.05) is 17.3 Å². The maximum absolute atomic E-state index is 11.0. The van der Waals surface area contributed by atoms with Crippen LogP contribution in [0, 0.1) is 0 Å². The number of ether oxygens (including phenoxy) is 1. The smallest absolute Gasteiger partial charge is 0.215 e. The third-order valence-electron chi connectivity index (χ3n) is 6.57. The zero-order valence-electron chi connectivity index (χ0n) is 19.6. The van der Waals surface area contributed by atoms with E-state index in [0.29, 0.717) is 29.6 Å². The van der Waals surface area contributed by atoms with Crippen molar-refractivity contribution >= 4 is 34.9 Å². The SMILES string of the molecule is CN(C=O)c1cc(Oc2ccc3c(c2)nc(Nc2ccc(C4CCCCC4)cc2)n3C)ccn1. The van der Waals surface area contributed by atoms with E-state index in [1.54, 1.807) is 25.4 Å². The fourth-order valence-electron chi connectivity index (χ4n) is 4.60. The molecule has 1 amide bonds. The van der Waals surface area contributed by atoms with E-state index in [0.717, 1.165) is 22.7 Å². The number of fused-ring (bicyclic) bond motifs is 1. The van der Waals surface area contributed by atoms with Crippen molar-refractivity contribution in [3.8, 4) is 11.5 Å². The van der Waals surface area contributed by atoms with Gasteiger partial charge in [0.2, 0.25) is 12.4 Å². The molecule has 0 saturated heterocycles. The number of amides is 1. The number of carbonyl (C=O) groups excluding carboxylic acids is 1. The van der Waals surface area contributed by atoms with Crippen LogP contribution in [0.25, 0.3) is 11.0 Å². The largest absolute Gasteiger partial charge is 0.457 e. The minimum Gasteiger partial charge on any atom is -0.457 e. The van der Waals surface area contributed by atoms with Crippen LogP contribution < -0.4 is 15.0 Å². The van der Waals surface area contributed by atoms with E-state index >= 15 is 0 Å². The highest BCUT2D eigenvalue weighted by molar-refractivity contribution is 5.81. The van der Waals surface area contributed by atoms with Crippen LogP contribution in [-0.2, 0) is 11.8 Å². The molecule has 1 N–H and O–H groups in total. The molecule has 0 radical (unpaired) electrons. The molecule has 1 fully saturated rings. The molecule has 7 heteroatoms. The summed E-state index contributed by atoms with van der Waals surface area (Å²) in [5.74, 6) is 3.27. The van der Waals surface area contributed by atoms with Gasteiger partial charge < -0.3 is 19.5 Å². The molecule has 1 saturated carbocycles. The summed E-state index contributed by atoms with van der Waals surface area (Å²) in [7, 11) is 3.65. The van der Waals surface area contributed by atoms with Crippen molar-refractivity contribution in [2.24, 2.45) is 7.05 Å². The van der Waals surface area contributed by atoms with E-state index in [-0.39, 0.29) is 0 Å². The number of aromatic nitrogens is 3. The topological polar surface area (TPSA) is 72.3 Å². The second kappa shape index (κ2) is 9.55. The number of benzene rings is 2. The summed E-state index contributed by atoms with van der Waals surface area (Å²) in [6, 6.07) is 18.1. The van der Waals surface area contributed by atoms with Crippen molar-refractivity contribution in [1.29, 1.82) is 0 Å². The van der Waals surface area contributed by atoms with Gasteiger partial charge >= 0.3 is 0 Å². The molecular formula is C27H29N5O2. The number of aryl methyl sites for hydroxylation is 1. The van der Waals surface area contributed by atoms with Crippen molar-refractivity contribution in [3.05, 3.63) is 66.4 Å².